The van der Waals surface area contributed by atoms with Gasteiger partial charge < -0.3 is 15.3 Å². The van der Waals surface area contributed by atoms with Crippen molar-refractivity contribution in [3.05, 3.63) is 0 Å². The number of hydrogen-bond acceptors (Lipinski definition) is 5. The van der Waals surface area contributed by atoms with E-state index in [1.807, 2.05) is 27.7 Å². The fraction of sp³-hybridized carbons (Fsp3) is 0.778. The Morgan fingerprint density at radius 3 is 1.64 bits per heavy atom. The van der Waals surface area contributed by atoms with Crippen LogP contribution in [0.25, 0.3) is 0 Å². The molecule has 1 saturated heterocycles. The molecule has 3 atom stereocenters. The van der Waals surface area contributed by atoms with E-state index in [4.69, 9.17) is 5.11 Å². The molecule has 0 radical (unpaired) electrons. The van der Waals surface area contributed by atoms with Crippen LogP contribution in [0.1, 0.15) is 74.7 Å². The molecule has 0 spiro atoms. The number of carbonyl (C=O) groups is 4. The first-order chi connectivity index (χ1) is 10.6. The first-order valence-corrected chi connectivity index (χ1v) is 8.08. The van der Waals surface area contributed by atoms with Crippen molar-refractivity contribution < 1.29 is 34.5 Å². The molecule has 1 fully saturated rings. The van der Waals surface area contributed by atoms with E-state index >= 15 is 0 Å². The molecule has 0 aliphatic carbocycles. The number of ether oxygens (including phenoxy) is 1. The predicted octanol–water partition coefficient (Wildman–Crippen LogP) is 3.04. The lowest BCUT2D eigenvalue weighted by Crippen LogP contribution is -2.06. The van der Waals surface area contributed by atoms with Gasteiger partial charge in [-0.15, -0.1) is 0 Å². The molecule has 1 heterocycles. The lowest BCUT2D eigenvalue weighted by Gasteiger charge is -1.98. The number of Topliss-reactive ketones (excluding diaryl/α,β-unsaturated/α-hetero) is 1. The monoisotopic (exact) mass is 364 g/mol. The van der Waals surface area contributed by atoms with E-state index in [1.165, 1.54) is 0 Å². The second-order valence-electron chi connectivity index (χ2n) is 5.67. The van der Waals surface area contributed by atoms with Crippen molar-refractivity contribution in [3.63, 3.8) is 0 Å². The Morgan fingerprint density at radius 2 is 1.56 bits per heavy atom. The van der Waals surface area contributed by atoms with Crippen molar-refractivity contribution >= 4 is 23.7 Å². The summed E-state index contributed by atoms with van der Waals surface area (Å²) in [5, 5.41) is 8.18. The van der Waals surface area contributed by atoms with Gasteiger partial charge in [0.25, 0.3) is 0 Å². The van der Waals surface area contributed by atoms with E-state index < -0.39 is 5.97 Å². The van der Waals surface area contributed by atoms with Crippen LogP contribution in [0.15, 0.2) is 0 Å². The van der Waals surface area contributed by atoms with E-state index in [0.717, 1.165) is 12.8 Å². The van der Waals surface area contributed by atoms with Gasteiger partial charge in [0.05, 0.1) is 18.3 Å². The molecule has 0 saturated carbocycles. The number of ketones is 1. The molecular weight excluding hydrogens is 328 g/mol. The van der Waals surface area contributed by atoms with Gasteiger partial charge in [-0.1, -0.05) is 42.0 Å². The van der Waals surface area contributed by atoms with Gasteiger partial charge in [0.15, 0.2) is 0 Å². The summed E-state index contributed by atoms with van der Waals surface area (Å²) in [7, 11) is 0. The van der Waals surface area contributed by atoms with Crippen LogP contribution >= 0.6 is 0 Å². The highest BCUT2D eigenvalue weighted by molar-refractivity contribution is 5.94. The Kier molecular flexibility index (Phi) is 21.2. The third-order valence-electron chi connectivity index (χ3n) is 3.79. The van der Waals surface area contributed by atoms with E-state index in [2.05, 4.69) is 4.74 Å². The smallest absolute Gasteiger partial charge is 0.317 e. The SMILES string of the molecule is C.CCC(C)C(=O)O.CCC(C)C(C)=O.CCC1CC(=O)OC1=O.O. The van der Waals surface area contributed by atoms with Gasteiger partial charge in [-0.2, -0.15) is 0 Å². The van der Waals surface area contributed by atoms with Crippen LogP contribution in [0, 0.1) is 17.8 Å². The maximum absolute atomic E-state index is 10.6. The van der Waals surface area contributed by atoms with Gasteiger partial charge in [-0.25, -0.2) is 0 Å². The fourth-order valence-electron chi connectivity index (χ4n) is 1.29. The Morgan fingerprint density at radius 1 is 1.12 bits per heavy atom. The second-order valence-corrected chi connectivity index (χ2v) is 5.67. The zero-order valence-corrected chi connectivity index (χ0v) is 15.5. The Bertz CT molecular complexity index is 384. The molecule has 0 aromatic heterocycles. The molecule has 1 rings (SSSR count). The predicted molar refractivity (Wildman–Crippen MR) is 97.1 cm³/mol. The van der Waals surface area contributed by atoms with Crippen molar-refractivity contribution in [1.82, 2.24) is 0 Å². The molecule has 3 unspecified atom stereocenters. The molecule has 3 N–H and O–H groups in total. The highest BCUT2D eigenvalue weighted by Crippen LogP contribution is 2.18. The van der Waals surface area contributed by atoms with Gasteiger partial charge >= 0.3 is 17.9 Å². The number of cyclic esters (lactones) is 2. The van der Waals surface area contributed by atoms with E-state index in [0.29, 0.717) is 12.2 Å². The van der Waals surface area contributed by atoms with Crippen LogP contribution < -0.4 is 0 Å². The van der Waals surface area contributed by atoms with Crippen LogP contribution in [0.5, 0.6) is 0 Å². The molecule has 0 aromatic carbocycles. The molecular formula is C18H36O7. The van der Waals surface area contributed by atoms with Gasteiger partial charge in [0, 0.05) is 5.92 Å². The summed E-state index contributed by atoms with van der Waals surface area (Å²) in [6, 6.07) is 0. The quantitative estimate of drug-likeness (QED) is 0.589. The molecule has 1 aliphatic rings. The highest BCUT2D eigenvalue weighted by Gasteiger charge is 2.31. The number of carbonyl (C=O) groups excluding carboxylic acids is 3. The van der Waals surface area contributed by atoms with Crippen molar-refractivity contribution in [1.29, 1.82) is 0 Å². The number of carboxylic acid groups (broad SMARTS) is 1. The van der Waals surface area contributed by atoms with Crippen molar-refractivity contribution in [2.45, 2.75) is 74.7 Å². The zero-order chi connectivity index (χ0) is 18.6. The number of carboxylic acids is 1. The largest absolute Gasteiger partial charge is 0.481 e. The van der Waals surface area contributed by atoms with Crippen LogP contribution in [-0.2, 0) is 23.9 Å². The molecule has 0 aromatic rings. The average molecular weight is 364 g/mol. The van der Waals surface area contributed by atoms with Crippen LogP contribution in [0.3, 0.4) is 0 Å². The lowest BCUT2D eigenvalue weighted by molar-refractivity contribution is -0.153. The van der Waals surface area contributed by atoms with Gasteiger partial charge in [-0.05, 0) is 26.2 Å². The molecule has 0 bridgehead atoms. The van der Waals surface area contributed by atoms with Crippen molar-refractivity contribution in [3.8, 4) is 0 Å². The first-order valence-electron chi connectivity index (χ1n) is 8.08. The zero-order valence-electron chi connectivity index (χ0n) is 15.5. The van der Waals surface area contributed by atoms with Crippen LogP contribution in [-0.4, -0.2) is 34.3 Å². The molecule has 25 heavy (non-hydrogen) atoms. The topological polar surface area (TPSA) is 129 Å². The van der Waals surface area contributed by atoms with Gasteiger partial charge in [-0.3, -0.25) is 19.2 Å². The third-order valence-corrected chi connectivity index (χ3v) is 3.79. The molecule has 150 valence electrons. The minimum Gasteiger partial charge on any atom is -0.481 e. The Hall–Kier alpha value is -1.76. The van der Waals surface area contributed by atoms with Gasteiger partial charge in [0.1, 0.15) is 5.78 Å². The molecule has 1 aliphatic heterocycles. The normalized spacial score (nSPS) is 17.1. The summed E-state index contributed by atoms with van der Waals surface area (Å²) >= 11 is 0. The summed E-state index contributed by atoms with van der Waals surface area (Å²) in [5.41, 5.74) is 0. The summed E-state index contributed by atoms with van der Waals surface area (Å²) in [5.74, 6) is -1.24. The molecule has 0 amide bonds. The number of rotatable bonds is 5. The average Bonchev–Trinajstić information content (AvgIpc) is 2.84. The molecule has 7 heteroatoms. The van der Waals surface area contributed by atoms with Crippen molar-refractivity contribution in [2.24, 2.45) is 17.8 Å². The first kappa shape index (κ1) is 31.1. The summed E-state index contributed by atoms with van der Waals surface area (Å²) in [4.78, 5) is 41.3. The second kappa shape index (κ2) is 17.1. The summed E-state index contributed by atoms with van der Waals surface area (Å²) in [6.07, 6.45) is 2.66. The molecule has 7 nitrogen and oxygen atoms in total. The lowest BCUT2D eigenvalue weighted by atomic mass is 10.1. The summed E-state index contributed by atoms with van der Waals surface area (Å²) < 4.78 is 4.29. The summed E-state index contributed by atoms with van der Waals surface area (Å²) in [6.45, 7) is 11.0. The fourth-order valence-corrected chi connectivity index (χ4v) is 1.29. The number of aliphatic carboxylic acids is 1. The van der Waals surface area contributed by atoms with Crippen LogP contribution in [0.4, 0.5) is 0 Å². The maximum atomic E-state index is 10.6. The Balaban J connectivity index is -0.000000129. The Labute approximate surface area is 151 Å². The third kappa shape index (κ3) is 15.5. The minimum atomic E-state index is -0.706. The van der Waals surface area contributed by atoms with Crippen molar-refractivity contribution in [2.75, 3.05) is 0 Å². The highest BCUT2D eigenvalue weighted by atomic mass is 16.6. The number of esters is 2. The number of hydrogen-bond donors (Lipinski definition) is 1. The van der Waals surface area contributed by atoms with Crippen LogP contribution in [0.2, 0.25) is 0 Å². The van der Waals surface area contributed by atoms with E-state index in [-0.39, 0.29) is 49.0 Å². The minimum absolute atomic E-state index is 0. The van der Waals surface area contributed by atoms with E-state index in [1.54, 1.807) is 13.8 Å². The van der Waals surface area contributed by atoms with E-state index in [9.17, 15) is 19.2 Å². The standard InChI is InChI=1S/C6H8O3.C6H12O.C5H10O2.CH4.H2O/c1-2-4-3-5(7)9-6(4)8;1-4-5(2)6(3)7;1-3-4(2)5(6)7;;/h4H,2-3H2,1H3;5H,4H2,1-3H3;4H,3H2,1-2H3,(H,6,7);1H4;1H2. The maximum Gasteiger partial charge on any atom is 0.317 e. The van der Waals surface area contributed by atoms with Gasteiger partial charge in [0.2, 0.25) is 0 Å².